The van der Waals surface area contributed by atoms with Crippen molar-refractivity contribution in [2.24, 2.45) is 0 Å². The average molecular weight is 377 g/mol. The Labute approximate surface area is 157 Å². The Kier molecular flexibility index (Phi) is 6.91. The van der Waals surface area contributed by atoms with Gasteiger partial charge >= 0.3 is 0 Å². The van der Waals surface area contributed by atoms with Gasteiger partial charge in [0.05, 0.1) is 10.6 Å². The van der Waals surface area contributed by atoms with E-state index in [2.05, 4.69) is 5.32 Å². The van der Waals surface area contributed by atoms with Crippen molar-refractivity contribution in [2.45, 2.75) is 18.7 Å². The van der Waals surface area contributed by atoms with E-state index in [4.69, 9.17) is 11.6 Å². The Hall–Kier alpha value is -1.98. The minimum Gasteiger partial charge on any atom is -0.339 e. The standard InChI is InChI=1S/C19H21ClN2O2S/c1-4-22(5-2)19(24)13-7-6-8-14(11-13)21-18(23)16-12-15(25-3)9-10-17(16)20/h6-12H,4-5H2,1-3H3,(H,21,23). The van der Waals surface area contributed by atoms with Crippen LogP contribution < -0.4 is 5.32 Å². The Morgan fingerprint density at radius 2 is 1.84 bits per heavy atom. The van der Waals surface area contributed by atoms with Crippen molar-refractivity contribution < 1.29 is 9.59 Å². The largest absolute Gasteiger partial charge is 0.339 e. The molecule has 0 saturated carbocycles. The van der Waals surface area contributed by atoms with E-state index in [1.807, 2.05) is 26.2 Å². The van der Waals surface area contributed by atoms with Crippen molar-refractivity contribution in [3.63, 3.8) is 0 Å². The van der Waals surface area contributed by atoms with Crippen LogP contribution in [0.2, 0.25) is 5.02 Å². The van der Waals surface area contributed by atoms with Crippen LogP contribution in [0.3, 0.4) is 0 Å². The number of benzene rings is 2. The van der Waals surface area contributed by atoms with Crippen LogP contribution in [0.25, 0.3) is 0 Å². The molecule has 0 heterocycles. The molecule has 25 heavy (non-hydrogen) atoms. The van der Waals surface area contributed by atoms with Gasteiger partial charge in [0.2, 0.25) is 0 Å². The van der Waals surface area contributed by atoms with E-state index in [9.17, 15) is 9.59 Å². The summed E-state index contributed by atoms with van der Waals surface area (Å²) in [6, 6.07) is 12.3. The molecule has 0 fully saturated rings. The highest BCUT2D eigenvalue weighted by Gasteiger charge is 2.15. The molecule has 132 valence electrons. The molecule has 0 spiro atoms. The van der Waals surface area contributed by atoms with Crippen molar-refractivity contribution in [2.75, 3.05) is 24.7 Å². The van der Waals surface area contributed by atoms with E-state index in [0.29, 0.717) is 34.9 Å². The van der Waals surface area contributed by atoms with E-state index in [0.717, 1.165) is 4.90 Å². The SMILES string of the molecule is CCN(CC)C(=O)c1cccc(NC(=O)c2cc(SC)ccc2Cl)c1. The van der Waals surface area contributed by atoms with Gasteiger partial charge in [-0.1, -0.05) is 17.7 Å². The van der Waals surface area contributed by atoms with Crippen LogP contribution in [0.1, 0.15) is 34.6 Å². The van der Waals surface area contributed by atoms with Gasteiger partial charge in [-0.2, -0.15) is 0 Å². The molecule has 0 aromatic heterocycles. The number of carbonyl (C=O) groups is 2. The van der Waals surface area contributed by atoms with Gasteiger partial charge in [-0.05, 0) is 56.5 Å². The quantitative estimate of drug-likeness (QED) is 0.737. The fourth-order valence-electron chi connectivity index (χ4n) is 2.43. The molecule has 1 N–H and O–H groups in total. The Bertz CT molecular complexity index is 776. The van der Waals surface area contributed by atoms with Gasteiger partial charge in [-0.15, -0.1) is 11.8 Å². The molecule has 0 radical (unpaired) electrons. The van der Waals surface area contributed by atoms with Crippen molar-refractivity contribution in [3.05, 3.63) is 58.6 Å². The highest BCUT2D eigenvalue weighted by atomic mass is 35.5. The van der Waals surface area contributed by atoms with E-state index in [1.165, 1.54) is 0 Å². The number of nitrogens with zero attached hydrogens (tertiary/aromatic N) is 1. The molecular weight excluding hydrogens is 356 g/mol. The number of amides is 2. The number of rotatable bonds is 6. The van der Waals surface area contributed by atoms with Crippen LogP contribution in [0.4, 0.5) is 5.69 Å². The summed E-state index contributed by atoms with van der Waals surface area (Å²) in [6.07, 6.45) is 1.94. The minimum absolute atomic E-state index is 0.0523. The van der Waals surface area contributed by atoms with Crippen molar-refractivity contribution in [1.29, 1.82) is 0 Å². The number of anilines is 1. The number of carbonyl (C=O) groups excluding carboxylic acids is 2. The lowest BCUT2D eigenvalue weighted by Gasteiger charge is -2.19. The molecule has 6 heteroatoms. The number of halogens is 1. The predicted molar refractivity (Wildman–Crippen MR) is 105 cm³/mol. The van der Waals surface area contributed by atoms with Crippen LogP contribution in [0.5, 0.6) is 0 Å². The average Bonchev–Trinajstić information content (AvgIpc) is 2.63. The first-order valence-electron chi connectivity index (χ1n) is 8.04. The van der Waals surface area contributed by atoms with Gasteiger partial charge in [0.25, 0.3) is 11.8 Å². The summed E-state index contributed by atoms with van der Waals surface area (Å²) in [4.78, 5) is 27.7. The molecular formula is C19H21ClN2O2S. The lowest BCUT2D eigenvalue weighted by Crippen LogP contribution is -2.30. The third kappa shape index (κ3) is 4.77. The summed E-state index contributed by atoms with van der Waals surface area (Å²) in [5.74, 6) is -0.350. The summed E-state index contributed by atoms with van der Waals surface area (Å²) in [6.45, 7) is 5.16. The summed E-state index contributed by atoms with van der Waals surface area (Å²) in [5, 5.41) is 3.21. The zero-order valence-corrected chi connectivity index (χ0v) is 16.1. The van der Waals surface area contributed by atoms with E-state index in [1.54, 1.807) is 53.1 Å². The van der Waals surface area contributed by atoms with E-state index >= 15 is 0 Å². The van der Waals surface area contributed by atoms with Gasteiger partial charge in [0, 0.05) is 29.2 Å². The molecule has 0 aliphatic rings. The Balaban J connectivity index is 2.22. The molecule has 2 amide bonds. The Morgan fingerprint density at radius 3 is 2.48 bits per heavy atom. The van der Waals surface area contributed by atoms with E-state index in [-0.39, 0.29) is 11.8 Å². The fourth-order valence-corrected chi connectivity index (χ4v) is 3.07. The zero-order valence-electron chi connectivity index (χ0n) is 14.5. The highest BCUT2D eigenvalue weighted by Crippen LogP contribution is 2.24. The normalized spacial score (nSPS) is 10.4. The van der Waals surface area contributed by atoms with Crippen LogP contribution in [0.15, 0.2) is 47.4 Å². The van der Waals surface area contributed by atoms with Crippen molar-refractivity contribution in [1.82, 2.24) is 4.90 Å². The monoisotopic (exact) mass is 376 g/mol. The second-order valence-corrected chi connectivity index (χ2v) is 6.65. The number of hydrogen-bond donors (Lipinski definition) is 1. The number of nitrogens with one attached hydrogen (secondary N) is 1. The molecule has 2 rings (SSSR count). The lowest BCUT2D eigenvalue weighted by atomic mass is 10.1. The molecule has 0 unspecified atom stereocenters. The zero-order chi connectivity index (χ0) is 18.4. The first-order valence-corrected chi connectivity index (χ1v) is 9.64. The van der Waals surface area contributed by atoms with Gasteiger partial charge in [-0.3, -0.25) is 9.59 Å². The first-order chi connectivity index (χ1) is 12.0. The molecule has 2 aromatic carbocycles. The predicted octanol–water partition coefficient (Wildman–Crippen LogP) is 4.80. The lowest BCUT2D eigenvalue weighted by molar-refractivity contribution is 0.0772. The second kappa shape index (κ2) is 8.92. The van der Waals surface area contributed by atoms with Gasteiger partial charge < -0.3 is 10.2 Å². The molecule has 0 saturated heterocycles. The summed E-state index contributed by atoms with van der Waals surface area (Å²) in [5.41, 5.74) is 1.52. The topological polar surface area (TPSA) is 49.4 Å². The maximum Gasteiger partial charge on any atom is 0.257 e. The molecule has 0 bridgehead atoms. The van der Waals surface area contributed by atoms with Crippen molar-refractivity contribution >= 4 is 40.9 Å². The van der Waals surface area contributed by atoms with Gasteiger partial charge in [-0.25, -0.2) is 0 Å². The Morgan fingerprint density at radius 1 is 1.12 bits per heavy atom. The summed E-state index contributed by atoms with van der Waals surface area (Å²) in [7, 11) is 0. The molecule has 4 nitrogen and oxygen atoms in total. The maximum atomic E-state index is 12.5. The number of thioether (sulfide) groups is 1. The van der Waals surface area contributed by atoms with Gasteiger partial charge in [0.1, 0.15) is 0 Å². The molecule has 0 aliphatic carbocycles. The molecule has 0 aliphatic heterocycles. The molecule has 2 aromatic rings. The van der Waals surface area contributed by atoms with Crippen LogP contribution >= 0.6 is 23.4 Å². The number of hydrogen-bond acceptors (Lipinski definition) is 3. The second-order valence-electron chi connectivity index (χ2n) is 5.36. The van der Waals surface area contributed by atoms with E-state index < -0.39 is 0 Å². The van der Waals surface area contributed by atoms with Gasteiger partial charge in [0.15, 0.2) is 0 Å². The maximum absolute atomic E-state index is 12.5. The van der Waals surface area contributed by atoms with Crippen LogP contribution in [0, 0.1) is 0 Å². The molecule has 0 atom stereocenters. The minimum atomic E-state index is -0.298. The smallest absolute Gasteiger partial charge is 0.257 e. The van der Waals surface area contributed by atoms with Crippen LogP contribution in [-0.4, -0.2) is 36.1 Å². The third-order valence-corrected chi connectivity index (χ3v) is 4.89. The first kappa shape index (κ1) is 19.3. The highest BCUT2D eigenvalue weighted by molar-refractivity contribution is 7.98. The summed E-state index contributed by atoms with van der Waals surface area (Å²) < 4.78 is 0. The third-order valence-electron chi connectivity index (χ3n) is 3.84. The summed E-state index contributed by atoms with van der Waals surface area (Å²) >= 11 is 7.69. The van der Waals surface area contributed by atoms with Crippen LogP contribution in [-0.2, 0) is 0 Å². The van der Waals surface area contributed by atoms with Crippen molar-refractivity contribution in [3.8, 4) is 0 Å². The fraction of sp³-hybridized carbons (Fsp3) is 0.263.